The first-order valence-electron chi connectivity index (χ1n) is 5.10. The lowest BCUT2D eigenvalue weighted by Crippen LogP contribution is -2.23. The largest absolute Gasteiger partial charge is 0.346 e. The molecular formula is C12H11ClN2OS. The summed E-state index contributed by atoms with van der Waals surface area (Å²) in [6.07, 6.45) is 0. The van der Waals surface area contributed by atoms with Gasteiger partial charge in [0.1, 0.15) is 0 Å². The molecule has 5 heteroatoms. The predicted molar refractivity (Wildman–Crippen MR) is 69.5 cm³/mol. The molecule has 0 radical (unpaired) electrons. The van der Waals surface area contributed by atoms with Gasteiger partial charge in [-0.1, -0.05) is 23.7 Å². The van der Waals surface area contributed by atoms with Crippen molar-refractivity contribution >= 4 is 28.8 Å². The minimum atomic E-state index is -0.179. The molecule has 0 unspecified atom stereocenters. The Hall–Kier alpha value is -1.39. The first-order valence-corrected chi connectivity index (χ1v) is 6.36. The Morgan fingerprint density at radius 3 is 2.88 bits per heavy atom. The Balaban J connectivity index is 2.01. The lowest BCUT2D eigenvalue weighted by atomic mass is 10.2. The number of carbonyl (C=O) groups is 1. The Bertz CT molecular complexity index is 539. The molecule has 0 aliphatic heterocycles. The summed E-state index contributed by atoms with van der Waals surface area (Å²) in [6, 6.07) is 6.98. The second-order valence-corrected chi connectivity index (χ2v) is 4.99. The zero-order valence-corrected chi connectivity index (χ0v) is 10.8. The highest BCUT2D eigenvalue weighted by Crippen LogP contribution is 2.15. The molecule has 3 nitrogen and oxygen atoms in total. The fraction of sp³-hybridized carbons (Fsp3) is 0.167. The van der Waals surface area contributed by atoms with Crippen LogP contribution >= 0.6 is 22.9 Å². The topological polar surface area (TPSA) is 42.0 Å². The molecule has 1 N–H and O–H groups in total. The van der Waals surface area contributed by atoms with Crippen molar-refractivity contribution in [2.75, 3.05) is 0 Å². The summed E-state index contributed by atoms with van der Waals surface area (Å²) in [6.45, 7) is 2.36. The van der Waals surface area contributed by atoms with Crippen LogP contribution in [-0.4, -0.2) is 10.9 Å². The Labute approximate surface area is 108 Å². The van der Waals surface area contributed by atoms with Crippen molar-refractivity contribution in [2.45, 2.75) is 13.5 Å². The normalized spacial score (nSPS) is 10.2. The van der Waals surface area contributed by atoms with Gasteiger partial charge in [-0.15, -0.1) is 11.3 Å². The molecule has 1 aromatic heterocycles. The van der Waals surface area contributed by atoms with E-state index in [1.54, 1.807) is 35.6 Å². The predicted octanol–water partition coefficient (Wildman–Crippen LogP) is 3.03. The fourth-order valence-corrected chi connectivity index (χ4v) is 2.23. The third-order valence-electron chi connectivity index (χ3n) is 2.22. The van der Waals surface area contributed by atoms with Crippen LogP contribution in [0.4, 0.5) is 0 Å². The van der Waals surface area contributed by atoms with E-state index in [2.05, 4.69) is 10.3 Å². The smallest absolute Gasteiger partial charge is 0.253 e. The van der Waals surface area contributed by atoms with Crippen LogP contribution in [0.3, 0.4) is 0 Å². The van der Waals surface area contributed by atoms with Crippen molar-refractivity contribution in [1.29, 1.82) is 0 Å². The minimum absolute atomic E-state index is 0.179. The maximum absolute atomic E-state index is 11.8. The van der Waals surface area contributed by atoms with Crippen LogP contribution in [0.15, 0.2) is 29.6 Å². The number of aryl methyl sites for hydroxylation is 1. The maximum atomic E-state index is 11.8. The van der Waals surface area contributed by atoms with Gasteiger partial charge in [0.05, 0.1) is 27.8 Å². The maximum Gasteiger partial charge on any atom is 0.253 e. The van der Waals surface area contributed by atoms with E-state index in [1.807, 2.05) is 12.3 Å². The number of hydrogen-bond acceptors (Lipinski definition) is 3. The van der Waals surface area contributed by atoms with Gasteiger partial charge in [-0.3, -0.25) is 4.79 Å². The summed E-state index contributed by atoms with van der Waals surface area (Å²) in [5.41, 5.74) is 1.36. The molecule has 0 fully saturated rings. The standard InChI is InChI=1S/C12H11ClN2OS/c1-8-15-9(7-17-8)6-14-12(16)10-4-2-3-5-11(10)13/h2-5,7H,6H2,1H3,(H,14,16). The summed E-state index contributed by atoms with van der Waals surface area (Å²) in [7, 11) is 0. The fourth-order valence-electron chi connectivity index (χ4n) is 1.40. The highest BCUT2D eigenvalue weighted by molar-refractivity contribution is 7.09. The minimum Gasteiger partial charge on any atom is -0.346 e. The monoisotopic (exact) mass is 266 g/mol. The molecule has 2 rings (SSSR count). The van der Waals surface area contributed by atoms with E-state index in [4.69, 9.17) is 11.6 Å². The van der Waals surface area contributed by atoms with Gasteiger partial charge in [0.2, 0.25) is 0 Å². The zero-order valence-electron chi connectivity index (χ0n) is 9.24. The zero-order chi connectivity index (χ0) is 12.3. The molecule has 0 atom stereocenters. The number of thiazole rings is 1. The average molecular weight is 267 g/mol. The van der Waals surface area contributed by atoms with Crippen LogP contribution in [0.2, 0.25) is 5.02 Å². The first kappa shape index (κ1) is 12.1. The van der Waals surface area contributed by atoms with E-state index >= 15 is 0 Å². The molecule has 0 aliphatic carbocycles. The number of halogens is 1. The summed E-state index contributed by atoms with van der Waals surface area (Å²) in [4.78, 5) is 16.1. The molecule has 17 heavy (non-hydrogen) atoms. The van der Waals surface area contributed by atoms with Gasteiger partial charge in [0, 0.05) is 5.38 Å². The second-order valence-electron chi connectivity index (χ2n) is 3.52. The van der Waals surface area contributed by atoms with Gasteiger partial charge < -0.3 is 5.32 Å². The highest BCUT2D eigenvalue weighted by Gasteiger charge is 2.09. The van der Waals surface area contributed by atoms with E-state index in [0.717, 1.165) is 10.7 Å². The van der Waals surface area contributed by atoms with Gasteiger partial charge in [-0.2, -0.15) is 0 Å². The third-order valence-corrected chi connectivity index (χ3v) is 3.37. The molecule has 0 aliphatic rings. The number of amides is 1. The SMILES string of the molecule is Cc1nc(CNC(=O)c2ccccc2Cl)cs1. The third kappa shape index (κ3) is 3.05. The van der Waals surface area contributed by atoms with Crippen molar-refractivity contribution in [3.8, 4) is 0 Å². The molecule has 0 bridgehead atoms. The molecule has 1 amide bonds. The lowest BCUT2D eigenvalue weighted by molar-refractivity contribution is 0.0950. The van der Waals surface area contributed by atoms with E-state index in [-0.39, 0.29) is 5.91 Å². The van der Waals surface area contributed by atoms with Crippen LogP contribution in [0.1, 0.15) is 21.1 Å². The van der Waals surface area contributed by atoms with E-state index in [9.17, 15) is 4.79 Å². The highest BCUT2D eigenvalue weighted by atomic mass is 35.5. The van der Waals surface area contributed by atoms with Gasteiger partial charge in [0.25, 0.3) is 5.91 Å². The second kappa shape index (κ2) is 5.29. The van der Waals surface area contributed by atoms with Gasteiger partial charge in [-0.05, 0) is 19.1 Å². The lowest BCUT2D eigenvalue weighted by Gasteiger charge is -2.04. The number of carbonyl (C=O) groups excluding carboxylic acids is 1. The molecule has 1 heterocycles. The van der Waals surface area contributed by atoms with Crippen molar-refractivity contribution in [3.63, 3.8) is 0 Å². The van der Waals surface area contributed by atoms with Crippen LogP contribution in [0.5, 0.6) is 0 Å². The van der Waals surface area contributed by atoms with Crippen molar-refractivity contribution in [3.05, 3.63) is 50.9 Å². The van der Waals surface area contributed by atoms with Crippen LogP contribution in [-0.2, 0) is 6.54 Å². The van der Waals surface area contributed by atoms with Crippen LogP contribution in [0, 0.1) is 6.92 Å². The van der Waals surface area contributed by atoms with Crippen molar-refractivity contribution in [1.82, 2.24) is 10.3 Å². The molecule has 1 aromatic carbocycles. The van der Waals surface area contributed by atoms with Crippen molar-refractivity contribution in [2.24, 2.45) is 0 Å². The summed E-state index contributed by atoms with van der Waals surface area (Å²) >= 11 is 7.50. The number of aromatic nitrogens is 1. The van der Waals surface area contributed by atoms with Gasteiger partial charge in [-0.25, -0.2) is 4.98 Å². The number of nitrogens with one attached hydrogen (secondary N) is 1. The molecular weight excluding hydrogens is 256 g/mol. The van der Waals surface area contributed by atoms with Crippen molar-refractivity contribution < 1.29 is 4.79 Å². The first-order chi connectivity index (χ1) is 8.16. The molecule has 2 aromatic rings. The summed E-state index contributed by atoms with van der Waals surface area (Å²) < 4.78 is 0. The quantitative estimate of drug-likeness (QED) is 0.928. The molecule has 88 valence electrons. The van der Waals surface area contributed by atoms with E-state index < -0.39 is 0 Å². The van der Waals surface area contributed by atoms with E-state index in [1.165, 1.54) is 0 Å². The number of rotatable bonds is 3. The average Bonchev–Trinajstić information content (AvgIpc) is 2.73. The number of benzene rings is 1. The van der Waals surface area contributed by atoms with Crippen LogP contribution in [0.25, 0.3) is 0 Å². The van der Waals surface area contributed by atoms with Gasteiger partial charge in [0.15, 0.2) is 0 Å². The molecule has 0 saturated heterocycles. The Kier molecular flexibility index (Phi) is 3.76. The number of hydrogen-bond donors (Lipinski definition) is 1. The molecule has 0 spiro atoms. The number of nitrogens with zero attached hydrogens (tertiary/aromatic N) is 1. The Morgan fingerprint density at radius 2 is 2.24 bits per heavy atom. The summed E-state index contributed by atoms with van der Waals surface area (Å²) in [5.74, 6) is -0.179. The van der Waals surface area contributed by atoms with E-state index in [0.29, 0.717) is 17.1 Å². The van der Waals surface area contributed by atoms with Gasteiger partial charge >= 0.3 is 0 Å². The van der Waals surface area contributed by atoms with Crippen LogP contribution < -0.4 is 5.32 Å². The molecule has 0 saturated carbocycles. The summed E-state index contributed by atoms with van der Waals surface area (Å²) in [5, 5.41) is 6.17. The Morgan fingerprint density at radius 1 is 1.47 bits per heavy atom.